The van der Waals surface area contributed by atoms with Crippen molar-refractivity contribution in [1.82, 2.24) is 9.97 Å². The summed E-state index contributed by atoms with van der Waals surface area (Å²) >= 11 is 6.37. The molecule has 106 valence electrons. The van der Waals surface area contributed by atoms with E-state index in [-0.39, 0.29) is 0 Å². The Hall–Kier alpha value is -2.00. The zero-order valence-electron chi connectivity index (χ0n) is 11.6. The molecule has 1 aliphatic carbocycles. The number of halogens is 1. The van der Waals surface area contributed by atoms with Crippen LogP contribution in [-0.4, -0.2) is 9.97 Å². The fourth-order valence-electron chi connectivity index (χ4n) is 2.73. The fourth-order valence-corrected chi connectivity index (χ4v) is 3.07. The van der Waals surface area contributed by atoms with Gasteiger partial charge < -0.3 is 10.3 Å². The van der Waals surface area contributed by atoms with Crippen molar-refractivity contribution in [2.45, 2.75) is 25.3 Å². The van der Waals surface area contributed by atoms with Crippen LogP contribution < -0.4 is 5.32 Å². The van der Waals surface area contributed by atoms with Crippen molar-refractivity contribution in [2.75, 3.05) is 5.32 Å². The number of anilines is 1. The average Bonchev–Trinajstić information content (AvgIpc) is 3.21. The summed E-state index contributed by atoms with van der Waals surface area (Å²) in [5.74, 6) is 0.686. The number of nitrogens with one attached hydrogen (secondary N) is 2. The molecule has 2 heterocycles. The molecule has 0 radical (unpaired) electrons. The van der Waals surface area contributed by atoms with Gasteiger partial charge in [-0.15, -0.1) is 0 Å². The van der Waals surface area contributed by atoms with E-state index in [2.05, 4.69) is 33.5 Å². The molecule has 0 amide bonds. The van der Waals surface area contributed by atoms with Gasteiger partial charge in [0.1, 0.15) is 5.65 Å². The van der Waals surface area contributed by atoms with E-state index in [1.807, 2.05) is 24.5 Å². The molecular weight excluding hydrogens is 282 g/mol. The number of aromatic nitrogens is 2. The van der Waals surface area contributed by atoms with Crippen molar-refractivity contribution in [2.24, 2.45) is 0 Å². The predicted molar refractivity (Wildman–Crippen MR) is 86.8 cm³/mol. The lowest BCUT2D eigenvalue weighted by Crippen LogP contribution is -2.00. The molecular formula is C17H16ClN3. The number of fused-ring (bicyclic) bond motifs is 1. The molecule has 4 rings (SSSR count). The number of hydrogen-bond acceptors (Lipinski definition) is 2. The molecule has 3 nitrogen and oxygen atoms in total. The highest BCUT2D eigenvalue weighted by molar-refractivity contribution is 6.31. The smallest absolute Gasteiger partial charge is 0.137 e. The van der Waals surface area contributed by atoms with Crippen molar-refractivity contribution in [3.63, 3.8) is 0 Å². The Bertz CT molecular complexity index is 790. The fraction of sp³-hybridized carbons (Fsp3) is 0.235. The molecule has 0 saturated heterocycles. The number of H-pyrrole nitrogens is 1. The van der Waals surface area contributed by atoms with E-state index in [1.165, 1.54) is 24.0 Å². The minimum absolute atomic E-state index is 0.686. The lowest BCUT2D eigenvalue weighted by molar-refractivity contribution is 1.12. The Labute approximate surface area is 128 Å². The summed E-state index contributed by atoms with van der Waals surface area (Å²) in [6.07, 6.45) is 6.30. The molecule has 1 saturated carbocycles. The maximum Gasteiger partial charge on any atom is 0.137 e. The molecule has 0 spiro atoms. The quantitative estimate of drug-likeness (QED) is 0.732. The van der Waals surface area contributed by atoms with Gasteiger partial charge in [-0.3, -0.25) is 0 Å². The molecule has 0 bridgehead atoms. The highest BCUT2D eigenvalue weighted by Crippen LogP contribution is 2.43. The van der Waals surface area contributed by atoms with E-state index in [0.29, 0.717) is 5.92 Å². The summed E-state index contributed by atoms with van der Waals surface area (Å²) in [6.45, 7) is 0.760. The Kier molecular flexibility index (Phi) is 3.08. The molecule has 3 aromatic rings. The molecule has 1 aromatic carbocycles. The van der Waals surface area contributed by atoms with Crippen molar-refractivity contribution in [3.8, 4) is 0 Å². The van der Waals surface area contributed by atoms with E-state index in [9.17, 15) is 0 Å². The van der Waals surface area contributed by atoms with Crippen molar-refractivity contribution < 1.29 is 0 Å². The third-order valence-corrected chi connectivity index (χ3v) is 4.38. The minimum atomic E-state index is 0.686. The van der Waals surface area contributed by atoms with Gasteiger partial charge in [-0.2, -0.15) is 0 Å². The molecule has 0 aliphatic heterocycles. The molecule has 2 N–H and O–H groups in total. The first-order valence-electron chi connectivity index (χ1n) is 7.25. The van der Waals surface area contributed by atoms with Crippen LogP contribution in [0.3, 0.4) is 0 Å². The number of pyridine rings is 1. The first kappa shape index (κ1) is 12.7. The lowest BCUT2D eigenvalue weighted by Gasteiger charge is -2.10. The van der Waals surface area contributed by atoms with Gasteiger partial charge >= 0.3 is 0 Å². The van der Waals surface area contributed by atoms with Gasteiger partial charge in [-0.05, 0) is 54.2 Å². The van der Waals surface area contributed by atoms with Crippen LogP contribution in [-0.2, 0) is 6.54 Å². The van der Waals surface area contributed by atoms with Gasteiger partial charge in [0, 0.05) is 35.0 Å². The van der Waals surface area contributed by atoms with Crippen molar-refractivity contribution in [1.29, 1.82) is 0 Å². The Morgan fingerprint density at radius 1 is 1.24 bits per heavy atom. The number of nitrogens with zero attached hydrogens (tertiary/aromatic N) is 1. The summed E-state index contributed by atoms with van der Waals surface area (Å²) in [4.78, 5) is 7.44. The van der Waals surface area contributed by atoms with Crippen LogP contribution >= 0.6 is 11.6 Å². The summed E-state index contributed by atoms with van der Waals surface area (Å²) < 4.78 is 0. The first-order chi connectivity index (χ1) is 10.3. The van der Waals surface area contributed by atoms with Crippen molar-refractivity contribution >= 4 is 28.3 Å². The van der Waals surface area contributed by atoms with E-state index in [0.717, 1.165) is 28.3 Å². The number of hydrogen-bond donors (Lipinski definition) is 2. The Morgan fingerprint density at radius 3 is 2.95 bits per heavy atom. The summed E-state index contributed by atoms with van der Waals surface area (Å²) in [5, 5.41) is 5.48. The third-order valence-electron chi connectivity index (χ3n) is 4.05. The SMILES string of the molecule is Clc1cc(NCc2ccnc3[nH]ccc23)ccc1C1CC1. The van der Waals surface area contributed by atoms with Crippen LogP contribution in [0.1, 0.15) is 29.9 Å². The van der Waals surface area contributed by atoms with E-state index in [1.54, 1.807) is 0 Å². The van der Waals surface area contributed by atoms with Gasteiger partial charge in [-0.25, -0.2) is 4.98 Å². The second-order valence-electron chi connectivity index (χ2n) is 5.57. The van der Waals surface area contributed by atoms with Gasteiger partial charge in [0.2, 0.25) is 0 Å². The van der Waals surface area contributed by atoms with Gasteiger partial charge in [0.05, 0.1) is 0 Å². The van der Waals surface area contributed by atoms with E-state index in [4.69, 9.17) is 11.6 Å². The highest BCUT2D eigenvalue weighted by Gasteiger charge is 2.25. The standard InChI is InChI=1S/C17H16ClN3/c18-16-9-13(3-4-14(16)11-1-2-11)21-10-12-5-7-19-17-15(12)6-8-20-17/h3-9,11,21H,1-2,10H2,(H,19,20). The summed E-state index contributed by atoms with van der Waals surface area (Å²) in [5.41, 5.74) is 4.50. The van der Waals surface area contributed by atoms with Gasteiger partial charge in [0.15, 0.2) is 0 Å². The maximum absolute atomic E-state index is 6.37. The maximum atomic E-state index is 6.37. The molecule has 0 unspecified atom stereocenters. The molecule has 2 aromatic heterocycles. The summed E-state index contributed by atoms with van der Waals surface area (Å²) in [7, 11) is 0. The van der Waals surface area contributed by atoms with E-state index < -0.39 is 0 Å². The van der Waals surface area contributed by atoms with E-state index >= 15 is 0 Å². The molecule has 1 fully saturated rings. The van der Waals surface area contributed by atoms with Crippen LogP contribution in [0.5, 0.6) is 0 Å². The van der Waals surface area contributed by atoms with Gasteiger partial charge in [-0.1, -0.05) is 17.7 Å². The third kappa shape index (κ3) is 2.49. The summed E-state index contributed by atoms with van der Waals surface area (Å²) in [6, 6.07) is 10.4. The first-order valence-corrected chi connectivity index (χ1v) is 7.63. The van der Waals surface area contributed by atoms with Crippen LogP contribution in [0.15, 0.2) is 42.7 Å². The topological polar surface area (TPSA) is 40.7 Å². The molecule has 21 heavy (non-hydrogen) atoms. The number of rotatable bonds is 4. The van der Waals surface area contributed by atoms with Crippen LogP contribution in [0.4, 0.5) is 5.69 Å². The zero-order valence-corrected chi connectivity index (χ0v) is 12.3. The monoisotopic (exact) mass is 297 g/mol. The normalized spacial score (nSPS) is 14.5. The predicted octanol–water partition coefficient (Wildman–Crippen LogP) is 4.71. The van der Waals surface area contributed by atoms with Crippen LogP contribution in [0, 0.1) is 0 Å². The Balaban J connectivity index is 1.54. The number of benzene rings is 1. The second kappa shape index (κ2) is 5.08. The Morgan fingerprint density at radius 2 is 2.14 bits per heavy atom. The molecule has 4 heteroatoms. The average molecular weight is 298 g/mol. The lowest BCUT2D eigenvalue weighted by atomic mass is 10.1. The number of aromatic amines is 1. The largest absolute Gasteiger partial charge is 0.381 e. The van der Waals surface area contributed by atoms with Crippen LogP contribution in [0.2, 0.25) is 5.02 Å². The minimum Gasteiger partial charge on any atom is -0.381 e. The van der Waals surface area contributed by atoms with Crippen LogP contribution in [0.25, 0.3) is 11.0 Å². The van der Waals surface area contributed by atoms with Crippen molar-refractivity contribution in [3.05, 3.63) is 58.9 Å². The zero-order chi connectivity index (χ0) is 14.2. The molecule has 1 aliphatic rings. The van der Waals surface area contributed by atoms with Gasteiger partial charge in [0.25, 0.3) is 0 Å². The second-order valence-corrected chi connectivity index (χ2v) is 5.98. The highest BCUT2D eigenvalue weighted by atomic mass is 35.5. The molecule has 0 atom stereocenters.